The number of carbonyl (C=O) groups is 1. The van der Waals surface area contributed by atoms with Crippen LogP contribution in [0.2, 0.25) is 0 Å². The van der Waals surface area contributed by atoms with Crippen LogP contribution in [0.25, 0.3) is 0 Å². The number of nitrogens with zero attached hydrogens (tertiary/aromatic N) is 1. The van der Waals surface area contributed by atoms with Crippen LogP contribution in [0.3, 0.4) is 0 Å². The number of hydrogen-bond acceptors (Lipinski definition) is 3. The Bertz CT molecular complexity index is 367. The van der Waals surface area contributed by atoms with Crippen molar-refractivity contribution in [3.8, 4) is 0 Å². The third-order valence-electron chi connectivity index (χ3n) is 2.83. The van der Waals surface area contributed by atoms with Gasteiger partial charge in [-0.2, -0.15) is 0 Å². The first-order valence-electron chi connectivity index (χ1n) is 5.57. The SMILES string of the molecule is CN(C(=O)CC(C)(C)C)C1CCS(=O)(=O)C1. The molecule has 0 N–H and O–H groups in total. The zero-order valence-electron chi connectivity index (χ0n) is 10.5. The maximum absolute atomic E-state index is 11.9. The van der Waals surface area contributed by atoms with Crippen molar-refractivity contribution in [2.24, 2.45) is 5.41 Å². The minimum absolute atomic E-state index is 0.0367. The molecule has 1 aliphatic heterocycles. The number of sulfone groups is 1. The van der Waals surface area contributed by atoms with Gasteiger partial charge in [-0.25, -0.2) is 8.42 Å². The Hall–Kier alpha value is -0.580. The number of amides is 1. The Kier molecular flexibility index (Phi) is 3.67. The van der Waals surface area contributed by atoms with Gasteiger partial charge in [0.05, 0.1) is 11.5 Å². The standard InChI is InChI=1S/C11H21NO3S/c1-11(2,3)7-10(13)12(4)9-5-6-16(14,15)8-9/h9H,5-8H2,1-4H3. The highest BCUT2D eigenvalue weighted by molar-refractivity contribution is 7.91. The van der Waals surface area contributed by atoms with E-state index >= 15 is 0 Å². The summed E-state index contributed by atoms with van der Waals surface area (Å²) < 4.78 is 22.6. The van der Waals surface area contributed by atoms with Crippen LogP contribution in [-0.4, -0.2) is 43.8 Å². The third-order valence-corrected chi connectivity index (χ3v) is 4.58. The van der Waals surface area contributed by atoms with Gasteiger partial charge in [-0.1, -0.05) is 20.8 Å². The van der Waals surface area contributed by atoms with Crippen molar-refractivity contribution in [3.05, 3.63) is 0 Å². The minimum atomic E-state index is -2.91. The molecule has 1 aliphatic rings. The van der Waals surface area contributed by atoms with Crippen LogP contribution in [0.4, 0.5) is 0 Å². The number of carbonyl (C=O) groups excluding carboxylic acids is 1. The molecule has 1 rings (SSSR count). The van der Waals surface area contributed by atoms with E-state index in [4.69, 9.17) is 0 Å². The van der Waals surface area contributed by atoms with Gasteiger partial charge in [0.15, 0.2) is 9.84 Å². The highest BCUT2D eigenvalue weighted by Gasteiger charge is 2.33. The van der Waals surface area contributed by atoms with Gasteiger partial charge in [-0.15, -0.1) is 0 Å². The molecule has 0 radical (unpaired) electrons. The van der Waals surface area contributed by atoms with Crippen LogP contribution >= 0.6 is 0 Å². The van der Waals surface area contributed by atoms with Gasteiger partial charge in [0.25, 0.3) is 0 Å². The predicted molar refractivity (Wildman–Crippen MR) is 63.9 cm³/mol. The van der Waals surface area contributed by atoms with Gasteiger partial charge in [-0.3, -0.25) is 4.79 Å². The maximum Gasteiger partial charge on any atom is 0.223 e. The van der Waals surface area contributed by atoms with Crippen LogP contribution in [0.15, 0.2) is 0 Å². The van der Waals surface area contributed by atoms with Gasteiger partial charge in [0, 0.05) is 19.5 Å². The third kappa shape index (κ3) is 3.77. The minimum Gasteiger partial charge on any atom is -0.342 e. The van der Waals surface area contributed by atoms with Crippen molar-refractivity contribution >= 4 is 15.7 Å². The summed E-state index contributed by atoms with van der Waals surface area (Å²) in [6.45, 7) is 6.01. The highest BCUT2D eigenvalue weighted by atomic mass is 32.2. The molecule has 1 unspecified atom stereocenters. The van der Waals surface area contributed by atoms with Crippen molar-refractivity contribution in [2.75, 3.05) is 18.6 Å². The molecule has 0 spiro atoms. The second-order valence-corrected chi connectivity index (χ2v) is 8.03. The maximum atomic E-state index is 11.9. The van der Waals surface area contributed by atoms with E-state index in [1.165, 1.54) is 0 Å². The molecule has 1 heterocycles. The average Bonchev–Trinajstić information content (AvgIpc) is 2.41. The molecule has 16 heavy (non-hydrogen) atoms. The van der Waals surface area contributed by atoms with Gasteiger partial charge in [0.2, 0.25) is 5.91 Å². The first-order valence-corrected chi connectivity index (χ1v) is 7.39. The van der Waals surface area contributed by atoms with Crippen LogP contribution < -0.4 is 0 Å². The van der Waals surface area contributed by atoms with Gasteiger partial charge < -0.3 is 4.90 Å². The van der Waals surface area contributed by atoms with Crippen molar-refractivity contribution in [2.45, 2.75) is 39.7 Å². The smallest absolute Gasteiger partial charge is 0.223 e. The quantitative estimate of drug-likeness (QED) is 0.733. The van der Waals surface area contributed by atoms with Gasteiger partial charge >= 0.3 is 0 Å². The summed E-state index contributed by atoms with van der Waals surface area (Å²) >= 11 is 0. The Labute approximate surface area is 97.9 Å². The Morgan fingerprint density at radius 1 is 1.38 bits per heavy atom. The van der Waals surface area contributed by atoms with E-state index in [2.05, 4.69) is 0 Å². The normalized spacial score (nSPS) is 24.4. The van der Waals surface area contributed by atoms with E-state index in [9.17, 15) is 13.2 Å². The molecule has 0 aromatic carbocycles. The predicted octanol–water partition coefficient (Wildman–Crippen LogP) is 1.07. The Balaban J connectivity index is 2.59. The van der Waals surface area contributed by atoms with Crippen LogP contribution in [0.1, 0.15) is 33.6 Å². The molecule has 5 heteroatoms. The molecule has 94 valence electrons. The molecular weight excluding hydrogens is 226 g/mol. The molecular formula is C11H21NO3S. The molecule has 1 amide bonds. The summed E-state index contributed by atoms with van der Waals surface area (Å²) in [5, 5.41) is 0. The molecule has 0 bridgehead atoms. The number of rotatable bonds is 2. The van der Waals surface area contributed by atoms with Gasteiger partial charge in [-0.05, 0) is 11.8 Å². The molecule has 1 atom stereocenters. The van der Waals surface area contributed by atoms with Crippen molar-refractivity contribution in [1.82, 2.24) is 4.90 Å². The van der Waals surface area contributed by atoms with Crippen molar-refractivity contribution in [3.63, 3.8) is 0 Å². The summed E-state index contributed by atoms with van der Waals surface area (Å²) in [5.41, 5.74) is -0.0528. The molecule has 1 saturated heterocycles. The lowest BCUT2D eigenvalue weighted by Gasteiger charge is -2.27. The van der Waals surface area contributed by atoms with Crippen LogP contribution in [-0.2, 0) is 14.6 Å². The monoisotopic (exact) mass is 247 g/mol. The molecule has 4 nitrogen and oxygen atoms in total. The van der Waals surface area contributed by atoms with Crippen LogP contribution in [0, 0.1) is 5.41 Å². The first kappa shape index (κ1) is 13.5. The summed E-state index contributed by atoms with van der Waals surface area (Å²) in [7, 11) is -1.20. The van der Waals surface area contributed by atoms with E-state index < -0.39 is 9.84 Å². The average molecular weight is 247 g/mol. The Morgan fingerprint density at radius 2 is 1.94 bits per heavy atom. The van der Waals surface area contributed by atoms with Crippen LogP contribution in [0.5, 0.6) is 0 Å². The summed E-state index contributed by atoms with van der Waals surface area (Å²) in [4.78, 5) is 13.5. The molecule has 0 aromatic heterocycles. The summed E-state index contributed by atoms with van der Waals surface area (Å²) in [5.74, 6) is 0.374. The van der Waals surface area contributed by atoms with E-state index in [1.807, 2.05) is 20.8 Å². The lowest BCUT2D eigenvalue weighted by molar-refractivity contribution is -0.133. The van der Waals surface area contributed by atoms with E-state index in [-0.39, 0.29) is 28.9 Å². The lowest BCUT2D eigenvalue weighted by Crippen LogP contribution is -2.39. The zero-order chi connectivity index (χ0) is 12.6. The van der Waals surface area contributed by atoms with Crippen molar-refractivity contribution < 1.29 is 13.2 Å². The van der Waals surface area contributed by atoms with Crippen molar-refractivity contribution in [1.29, 1.82) is 0 Å². The number of hydrogen-bond donors (Lipinski definition) is 0. The highest BCUT2D eigenvalue weighted by Crippen LogP contribution is 2.22. The fraction of sp³-hybridized carbons (Fsp3) is 0.909. The summed E-state index contributed by atoms with van der Waals surface area (Å²) in [6.07, 6.45) is 1.04. The largest absolute Gasteiger partial charge is 0.342 e. The topological polar surface area (TPSA) is 54.5 Å². The van der Waals surface area contributed by atoms with E-state index in [1.54, 1.807) is 11.9 Å². The molecule has 0 aliphatic carbocycles. The fourth-order valence-electron chi connectivity index (χ4n) is 1.86. The van der Waals surface area contributed by atoms with Gasteiger partial charge in [0.1, 0.15) is 0 Å². The first-order chi connectivity index (χ1) is 7.11. The second kappa shape index (κ2) is 4.35. The summed E-state index contributed by atoms with van der Waals surface area (Å²) in [6, 6.07) is -0.125. The van der Waals surface area contributed by atoms with E-state index in [0.29, 0.717) is 12.8 Å². The fourth-order valence-corrected chi connectivity index (χ4v) is 3.64. The lowest BCUT2D eigenvalue weighted by atomic mass is 9.91. The molecule has 0 aromatic rings. The second-order valence-electron chi connectivity index (χ2n) is 5.80. The van der Waals surface area contributed by atoms with E-state index in [0.717, 1.165) is 0 Å². The zero-order valence-corrected chi connectivity index (χ0v) is 11.3. The molecule has 0 saturated carbocycles. The Morgan fingerprint density at radius 3 is 2.31 bits per heavy atom. The molecule has 1 fully saturated rings.